The lowest BCUT2D eigenvalue weighted by Crippen LogP contribution is -2.30. The number of ether oxygens (including phenoxy) is 1. The molecule has 0 aliphatic heterocycles. The summed E-state index contributed by atoms with van der Waals surface area (Å²) in [4.78, 5) is 24.3. The first-order valence-corrected chi connectivity index (χ1v) is 7.15. The van der Waals surface area contributed by atoms with E-state index in [1.807, 2.05) is 30.3 Å². The minimum absolute atomic E-state index is 0.167. The Hall–Kier alpha value is -3.15. The summed E-state index contributed by atoms with van der Waals surface area (Å²) in [5, 5.41) is 10.1. The Kier molecular flexibility index (Phi) is 4.05. The Labute approximate surface area is 132 Å². The molecule has 0 saturated heterocycles. The Morgan fingerprint density at radius 2 is 1.78 bits per heavy atom. The van der Waals surface area contributed by atoms with Crippen molar-refractivity contribution in [3.05, 3.63) is 60.3 Å². The topological polar surface area (TPSA) is 84.1 Å². The van der Waals surface area contributed by atoms with Crippen molar-refractivity contribution >= 4 is 28.5 Å². The molecule has 1 amide bonds. The number of hydrogen-bond acceptors (Lipinski definition) is 4. The van der Waals surface area contributed by atoms with Gasteiger partial charge in [-0.15, -0.1) is 0 Å². The van der Waals surface area contributed by atoms with Gasteiger partial charge in [-0.05, 0) is 25.1 Å². The fraction of sp³-hybridized carbons (Fsp3) is 0.118. The summed E-state index contributed by atoms with van der Waals surface area (Å²) in [5.41, 5.74) is 1.55. The van der Waals surface area contributed by atoms with Gasteiger partial charge in [-0.3, -0.25) is 9.89 Å². The summed E-state index contributed by atoms with van der Waals surface area (Å²) in [7, 11) is 0. The number of esters is 1. The number of fused-ring (bicyclic) bond motifs is 1. The van der Waals surface area contributed by atoms with Gasteiger partial charge in [-0.25, -0.2) is 4.79 Å². The zero-order valence-corrected chi connectivity index (χ0v) is 12.4. The maximum absolute atomic E-state index is 12.2. The first kappa shape index (κ1) is 14.8. The van der Waals surface area contributed by atoms with Crippen LogP contribution < -0.4 is 5.32 Å². The molecule has 2 N–H and O–H groups in total. The summed E-state index contributed by atoms with van der Waals surface area (Å²) in [5.74, 6) is -1.04. The van der Waals surface area contributed by atoms with Gasteiger partial charge in [0.25, 0.3) is 5.91 Å². The number of rotatable bonds is 4. The molecule has 23 heavy (non-hydrogen) atoms. The predicted molar refractivity (Wildman–Crippen MR) is 86.0 cm³/mol. The molecule has 0 fully saturated rings. The zero-order valence-electron chi connectivity index (χ0n) is 12.4. The van der Waals surface area contributed by atoms with E-state index in [1.165, 1.54) is 6.92 Å². The molecule has 0 spiro atoms. The highest BCUT2D eigenvalue weighted by atomic mass is 16.5. The van der Waals surface area contributed by atoms with Gasteiger partial charge >= 0.3 is 5.97 Å². The van der Waals surface area contributed by atoms with E-state index in [1.54, 1.807) is 24.3 Å². The van der Waals surface area contributed by atoms with Crippen molar-refractivity contribution in [2.45, 2.75) is 13.0 Å². The number of anilines is 1. The summed E-state index contributed by atoms with van der Waals surface area (Å²) >= 11 is 0. The second-order valence-electron chi connectivity index (χ2n) is 5.02. The van der Waals surface area contributed by atoms with E-state index < -0.39 is 18.0 Å². The molecule has 116 valence electrons. The molecule has 0 saturated carbocycles. The second kappa shape index (κ2) is 6.31. The highest BCUT2D eigenvalue weighted by molar-refractivity contribution is 6.03. The Morgan fingerprint density at radius 3 is 2.57 bits per heavy atom. The van der Waals surface area contributed by atoms with Gasteiger partial charge in [0.15, 0.2) is 11.8 Å². The highest BCUT2D eigenvalue weighted by Gasteiger charge is 2.22. The zero-order chi connectivity index (χ0) is 16.2. The van der Waals surface area contributed by atoms with E-state index in [-0.39, 0.29) is 5.69 Å². The minimum atomic E-state index is -0.932. The molecule has 0 aliphatic rings. The van der Waals surface area contributed by atoms with Crippen LogP contribution in [0.2, 0.25) is 0 Å². The maximum Gasteiger partial charge on any atom is 0.360 e. The monoisotopic (exact) mass is 309 g/mol. The number of carbonyl (C=O) groups is 2. The summed E-state index contributed by atoms with van der Waals surface area (Å²) < 4.78 is 5.20. The van der Waals surface area contributed by atoms with Gasteiger partial charge in [0, 0.05) is 11.1 Å². The standard InChI is InChI=1S/C17H15N3O3/c1-11(16(21)18-12-7-3-2-4-8-12)23-17(22)15-13-9-5-6-10-14(13)19-20-15/h2-11H,1H3,(H,18,21)(H,19,20). The van der Waals surface area contributed by atoms with Gasteiger partial charge in [-0.1, -0.05) is 36.4 Å². The lowest BCUT2D eigenvalue weighted by atomic mass is 10.2. The first-order valence-electron chi connectivity index (χ1n) is 7.15. The Balaban J connectivity index is 1.68. The molecular weight excluding hydrogens is 294 g/mol. The maximum atomic E-state index is 12.2. The molecule has 0 aliphatic carbocycles. The van der Waals surface area contributed by atoms with E-state index in [2.05, 4.69) is 15.5 Å². The molecule has 1 atom stereocenters. The molecule has 3 aromatic rings. The summed E-state index contributed by atoms with van der Waals surface area (Å²) in [6.07, 6.45) is -0.932. The molecule has 2 aromatic carbocycles. The van der Waals surface area contributed by atoms with Crippen molar-refractivity contribution in [3.63, 3.8) is 0 Å². The third-order valence-corrected chi connectivity index (χ3v) is 3.36. The van der Waals surface area contributed by atoms with Crippen LogP contribution in [0.5, 0.6) is 0 Å². The molecule has 1 unspecified atom stereocenters. The van der Waals surface area contributed by atoms with Crippen molar-refractivity contribution in [2.24, 2.45) is 0 Å². The number of H-pyrrole nitrogens is 1. The largest absolute Gasteiger partial charge is 0.448 e. The van der Waals surface area contributed by atoms with Crippen LogP contribution in [-0.2, 0) is 9.53 Å². The second-order valence-corrected chi connectivity index (χ2v) is 5.02. The number of aromatic amines is 1. The average Bonchev–Trinajstić information content (AvgIpc) is 2.99. The number of amides is 1. The van der Waals surface area contributed by atoms with E-state index in [4.69, 9.17) is 4.74 Å². The molecule has 1 aromatic heterocycles. The fourth-order valence-electron chi connectivity index (χ4n) is 2.15. The highest BCUT2D eigenvalue weighted by Crippen LogP contribution is 2.16. The Bertz CT molecular complexity index is 842. The SMILES string of the molecule is CC(OC(=O)c1n[nH]c2ccccc12)C(=O)Nc1ccccc1. The number of carbonyl (C=O) groups excluding carboxylic acids is 2. The van der Waals surface area contributed by atoms with Crippen LogP contribution in [-0.4, -0.2) is 28.2 Å². The smallest absolute Gasteiger partial charge is 0.360 e. The lowest BCUT2D eigenvalue weighted by Gasteiger charge is -2.12. The number of nitrogens with one attached hydrogen (secondary N) is 2. The molecule has 6 nitrogen and oxygen atoms in total. The van der Waals surface area contributed by atoms with Crippen LogP contribution in [0.25, 0.3) is 10.9 Å². The lowest BCUT2D eigenvalue weighted by molar-refractivity contribution is -0.123. The average molecular weight is 309 g/mol. The number of hydrogen-bond donors (Lipinski definition) is 2. The van der Waals surface area contributed by atoms with Crippen LogP contribution in [0, 0.1) is 0 Å². The van der Waals surface area contributed by atoms with Gasteiger partial charge in [-0.2, -0.15) is 5.10 Å². The van der Waals surface area contributed by atoms with Crippen molar-refractivity contribution < 1.29 is 14.3 Å². The van der Waals surface area contributed by atoms with Crippen LogP contribution in [0.4, 0.5) is 5.69 Å². The van der Waals surface area contributed by atoms with Crippen LogP contribution >= 0.6 is 0 Å². The van der Waals surface area contributed by atoms with E-state index >= 15 is 0 Å². The van der Waals surface area contributed by atoms with E-state index in [9.17, 15) is 9.59 Å². The fourth-order valence-corrected chi connectivity index (χ4v) is 2.15. The Morgan fingerprint density at radius 1 is 1.09 bits per heavy atom. The number of para-hydroxylation sites is 2. The number of aromatic nitrogens is 2. The first-order chi connectivity index (χ1) is 11.1. The van der Waals surface area contributed by atoms with Gasteiger partial charge in [0.2, 0.25) is 0 Å². The van der Waals surface area contributed by atoms with E-state index in [0.717, 1.165) is 5.52 Å². The molecular formula is C17H15N3O3. The quantitative estimate of drug-likeness (QED) is 0.726. The molecule has 3 rings (SSSR count). The third kappa shape index (κ3) is 3.21. The van der Waals surface area contributed by atoms with Crippen molar-refractivity contribution in [1.29, 1.82) is 0 Å². The van der Waals surface area contributed by atoms with Gasteiger partial charge in [0.05, 0.1) is 5.52 Å². The van der Waals surface area contributed by atoms with Crippen LogP contribution in [0.3, 0.4) is 0 Å². The number of benzene rings is 2. The van der Waals surface area contributed by atoms with Crippen molar-refractivity contribution in [1.82, 2.24) is 10.2 Å². The summed E-state index contributed by atoms with van der Waals surface area (Å²) in [6, 6.07) is 16.2. The molecule has 1 heterocycles. The molecule has 0 radical (unpaired) electrons. The van der Waals surface area contributed by atoms with Gasteiger partial charge < -0.3 is 10.1 Å². The normalized spacial score (nSPS) is 11.9. The van der Waals surface area contributed by atoms with Crippen LogP contribution in [0.1, 0.15) is 17.4 Å². The predicted octanol–water partition coefficient (Wildman–Crippen LogP) is 2.75. The van der Waals surface area contributed by atoms with Gasteiger partial charge in [0.1, 0.15) is 0 Å². The van der Waals surface area contributed by atoms with Crippen molar-refractivity contribution in [3.8, 4) is 0 Å². The third-order valence-electron chi connectivity index (χ3n) is 3.36. The molecule has 6 heteroatoms. The molecule has 0 bridgehead atoms. The summed E-state index contributed by atoms with van der Waals surface area (Å²) in [6.45, 7) is 1.52. The minimum Gasteiger partial charge on any atom is -0.448 e. The van der Waals surface area contributed by atoms with E-state index in [0.29, 0.717) is 11.1 Å². The number of nitrogens with zero attached hydrogens (tertiary/aromatic N) is 1. The van der Waals surface area contributed by atoms with Crippen molar-refractivity contribution in [2.75, 3.05) is 5.32 Å². The van der Waals surface area contributed by atoms with Crippen LogP contribution in [0.15, 0.2) is 54.6 Å².